The molecule has 0 aliphatic carbocycles. The van der Waals surface area contributed by atoms with Crippen molar-refractivity contribution >= 4 is 5.91 Å². The molecule has 0 spiro atoms. The van der Waals surface area contributed by atoms with Crippen LogP contribution in [0.5, 0.6) is 0 Å². The van der Waals surface area contributed by atoms with Crippen molar-refractivity contribution in [1.29, 1.82) is 0 Å². The number of halogens is 1. The SMILES string of the molecule is C[C@H](c1cccc(F)c1)n1cc(C(=O)NCc2cccnc2)nn1. The van der Waals surface area contributed by atoms with Crippen molar-refractivity contribution in [2.24, 2.45) is 0 Å². The van der Waals surface area contributed by atoms with E-state index in [-0.39, 0.29) is 23.5 Å². The number of carbonyl (C=O) groups excluding carboxylic acids is 1. The Balaban J connectivity index is 1.67. The first kappa shape index (κ1) is 15.8. The zero-order valence-electron chi connectivity index (χ0n) is 13.1. The Bertz CT molecular complexity index is 834. The lowest BCUT2D eigenvalue weighted by atomic mass is 10.1. The van der Waals surface area contributed by atoms with Gasteiger partial charge in [-0.05, 0) is 36.2 Å². The van der Waals surface area contributed by atoms with Crippen LogP contribution < -0.4 is 5.32 Å². The highest BCUT2D eigenvalue weighted by Gasteiger charge is 2.15. The summed E-state index contributed by atoms with van der Waals surface area (Å²) in [5.41, 5.74) is 1.86. The number of nitrogens with zero attached hydrogens (tertiary/aromatic N) is 4. The molecule has 3 rings (SSSR count). The second-order valence-corrected chi connectivity index (χ2v) is 5.36. The number of benzene rings is 1. The quantitative estimate of drug-likeness (QED) is 0.781. The van der Waals surface area contributed by atoms with Crippen molar-refractivity contribution in [3.63, 3.8) is 0 Å². The van der Waals surface area contributed by atoms with E-state index in [1.807, 2.05) is 13.0 Å². The highest BCUT2D eigenvalue weighted by Crippen LogP contribution is 2.17. The van der Waals surface area contributed by atoms with E-state index in [9.17, 15) is 9.18 Å². The number of amides is 1. The van der Waals surface area contributed by atoms with Gasteiger partial charge in [-0.25, -0.2) is 9.07 Å². The second kappa shape index (κ2) is 6.99. The third-order valence-corrected chi connectivity index (χ3v) is 3.65. The van der Waals surface area contributed by atoms with Crippen LogP contribution in [0.1, 0.15) is 34.6 Å². The summed E-state index contributed by atoms with van der Waals surface area (Å²) in [5.74, 6) is -0.634. The van der Waals surface area contributed by atoms with Crippen LogP contribution in [0.25, 0.3) is 0 Å². The van der Waals surface area contributed by atoms with Crippen molar-refractivity contribution in [1.82, 2.24) is 25.3 Å². The van der Waals surface area contributed by atoms with Crippen LogP contribution in [0.4, 0.5) is 4.39 Å². The molecule has 24 heavy (non-hydrogen) atoms. The van der Waals surface area contributed by atoms with E-state index in [2.05, 4.69) is 20.6 Å². The lowest BCUT2D eigenvalue weighted by molar-refractivity contribution is 0.0946. The molecule has 0 saturated carbocycles. The molecule has 1 aromatic carbocycles. The summed E-state index contributed by atoms with van der Waals surface area (Å²) in [7, 11) is 0. The van der Waals surface area contributed by atoms with Gasteiger partial charge in [-0.2, -0.15) is 0 Å². The molecule has 1 N–H and O–H groups in total. The lowest BCUT2D eigenvalue weighted by Gasteiger charge is -2.11. The Hall–Kier alpha value is -3.09. The third-order valence-electron chi connectivity index (χ3n) is 3.65. The highest BCUT2D eigenvalue weighted by molar-refractivity contribution is 5.91. The molecule has 1 amide bonds. The van der Waals surface area contributed by atoms with Crippen LogP contribution in [0.2, 0.25) is 0 Å². The molecule has 0 radical (unpaired) electrons. The molecule has 7 heteroatoms. The Morgan fingerprint density at radius 3 is 2.96 bits per heavy atom. The molecule has 6 nitrogen and oxygen atoms in total. The van der Waals surface area contributed by atoms with Crippen LogP contribution in [0.3, 0.4) is 0 Å². The monoisotopic (exact) mass is 325 g/mol. The largest absolute Gasteiger partial charge is 0.346 e. The topological polar surface area (TPSA) is 72.7 Å². The van der Waals surface area contributed by atoms with E-state index in [0.29, 0.717) is 6.54 Å². The smallest absolute Gasteiger partial charge is 0.273 e. The van der Waals surface area contributed by atoms with Crippen LogP contribution in [0, 0.1) is 5.82 Å². The highest BCUT2D eigenvalue weighted by atomic mass is 19.1. The van der Waals surface area contributed by atoms with Gasteiger partial charge in [-0.15, -0.1) is 5.10 Å². The van der Waals surface area contributed by atoms with Crippen LogP contribution in [-0.2, 0) is 6.54 Å². The van der Waals surface area contributed by atoms with Crippen LogP contribution >= 0.6 is 0 Å². The van der Waals surface area contributed by atoms with Crippen LogP contribution in [-0.4, -0.2) is 25.9 Å². The molecular weight excluding hydrogens is 309 g/mol. The molecule has 122 valence electrons. The van der Waals surface area contributed by atoms with Gasteiger partial charge in [0.25, 0.3) is 5.91 Å². The van der Waals surface area contributed by atoms with Crippen LogP contribution in [0.15, 0.2) is 55.0 Å². The summed E-state index contributed by atoms with van der Waals surface area (Å²) in [4.78, 5) is 16.1. The maximum atomic E-state index is 13.3. The number of carbonyl (C=O) groups is 1. The van der Waals surface area contributed by atoms with Crippen molar-refractivity contribution in [2.75, 3.05) is 0 Å². The Labute approximate surface area is 138 Å². The van der Waals surface area contributed by atoms with Crippen molar-refractivity contribution in [3.05, 3.63) is 77.6 Å². The molecular formula is C17H16FN5O. The van der Waals surface area contributed by atoms with E-state index < -0.39 is 0 Å². The zero-order valence-corrected chi connectivity index (χ0v) is 13.1. The summed E-state index contributed by atoms with van der Waals surface area (Å²) in [6.07, 6.45) is 4.90. The Morgan fingerprint density at radius 1 is 1.33 bits per heavy atom. The maximum absolute atomic E-state index is 13.3. The van der Waals surface area contributed by atoms with Gasteiger partial charge < -0.3 is 5.32 Å². The van der Waals surface area contributed by atoms with Gasteiger partial charge in [0.05, 0.1) is 12.2 Å². The molecule has 2 heterocycles. The van der Waals surface area contributed by atoms with E-state index in [0.717, 1.165) is 11.1 Å². The summed E-state index contributed by atoms with van der Waals surface area (Å²) in [6.45, 7) is 2.22. The van der Waals surface area contributed by atoms with Crippen molar-refractivity contribution in [3.8, 4) is 0 Å². The molecule has 0 bridgehead atoms. The molecule has 0 aliphatic heterocycles. The fourth-order valence-corrected chi connectivity index (χ4v) is 2.26. The molecule has 0 unspecified atom stereocenters. The average Bonchev–Trinajstić information content (AvgIpc) is 3.10. The van der Waals surface area contributed by atoms with E-state index in [1.54, 1.807) is 36.8 Å². The zero-order chi connectivity index (χ0) is 16.9. The lowest BCUT2D eigenvalue weighted by Crippen LogP contribution is -2.23. The van der Waals surface area contributed by atoms with E-state index >= 15 is 0 Å². The van der Waals surface area contributed by atoms with Gasteiger partial charge >= 0.3 is 0 Å². The molecule has 0 aliphatic rings. The first-order valence-corrected chi connectivity index (χ1v) is 7.48. The first-order chi connectivity index (χ1) is 11.6. The third kappa shape index (κ3) is 3.62. The first-order valence-electron chi connectivity index (χ1n) is 7.48. The second-order valence-electron chi connectivity index (χ2n) is 5.36. The molecule has 0 saturated heterocycles. The normalized spacial score (nSPS) is 11.9. The molecule has 1 atom stereocenters. The fraction of sp³-hybridized carbons (Fsp3) is 0.176. The maximum Gasteiger partial charge on any atom is 0.273 e. The van der Waals surface area contributed by atoms with Gasteiger partial charge in [-0.1, -0.05) is 23.4 Å². The van der Waals surface area contributed by atoms with Gasteiger partial charge in [0.2, 0.25) is 0 Å². The minimum Gasteiger partial charge on any atom is -0.346 e. The number of nitrogens with one attached hydrogen (secondary N) is 1. The van der Waals surface area contributed by atoms with Crippen molar-refractivity contribution in [2.45, 2.75) is 19.5 Å². The number of aromatic nitrogens is 4. The average molecular weight is 325 g/mol. The van der Waals surface area contributed by atoms with Gasteiger partial charge in [0.15, 0.2) is 5.69 Å². The van der Waals surface area contributed by atoms with Crippen molar-refractivity contribution < 1.29 is 9.18 Å². The standard InChI is InChI=1S/C17H16FN5O/c1-12(14-5-2-6-15(18)8-14)23-11-16(21-22-23)17(24)20-10-13-4-3-7-19-9-13/h2-9,11-12H,10H2,1H3,(H,20,24)/t12-/m1/s1. The Kier molecular flexibility index (Phi) is 4.60. The number of hydrogen-bond acceptors (Lipinski definition) is 4. The summed E-state index contributed by atoms with van der Waals surface area (Å²) in [5, 5.41) is 10.6. The van der Waals surface area contributed by atoms with E-state index in [1.165, 1.54) is 16.8 Å². The number of pyridine rings is 1. The predicted octanol–water partition coefficient (Wildman–Crippen LogP) is 2.35. The predicted molar refractivity (Wildman–Crippen MR) is 85.6 cm³/mol. The Morgan fingerprint density at radius 2 is 2.21 bits per heavy atom. The minimum atomic E-state index is -0.323. The summed E-state index contributed by atoms with van der Waals surface area (Å²) >= 11 is 0. The van der Waals surface area contributed by atoms with E-state index in [4.69, 9.17) is 0 Å². The van der Waals surface area contributed by atoms with Gasteiger partial charge in [0.1, 0.15) is 5.82 Å². The fourth-order valence-electron chi connectivity index (χ4n) is 2.26. The molecule has 3 aromatic rings. The number of rotatable bonds is 5. The molecule has 0 fully saturated rings. The van der Waals surface area contributed by atoms with Gasteiger partial charge in [0, 0.05) is 18.9 Å². The summed E-state index contributed by atoms with van der Waals surface area (Å²) < 4.78 is 14.9. The van der Waals surface area contributed by atoms with Gasteiger partial charge in [-0.3, -0.25) is 9.78 Å². The summed E-state index contributed by atoms with van der Waals surface area (Å²) in [6, 6.07) is 9.71. The molecule has 2 aromatic heterocycles. The minimum absolute atomic E-state index is 0.210. The number of hydrogen-bond donors (Lipinski definition) is 1.